The molecule has 2 rings (SSSR count). The van der Waals surface area contributed by atoms with E-state index in [-0.39, 0.29) is 17.5 Å². The quantitative estimate of drug-likeness (QED) is 0.861. The molecule has 0 spiro atoms. The lowest BCUT2D eigenvalue weighted by Crippen LogP contribution is -2.42. The van der Waals surface area contributed by atoms with Gasteiger partial charge in [-0.15, -0.1) is 23.5 Å². The van der Waals surface area contributed by atoms with Crippen LogP contribution in [0.5, 0.6) is 0 Å². The lowest BCUT2D eigenvalue weighted by atomic mass is 10.3. The zero-order valence-corrected chi connectivity index (χ0v) is 11.5. The summed E-state index contributed by atoms with van der Waals surface area (Å²) in [5.41, 5.74) is 0. The van der Waals surface area contributed by atoms with Gasteiger partial charge in [0.25, 0.3) is 0 Å². The Balaban J connectivity index is 1.90. The maximum absolute atomic E-state index is 12.7. The van der Waals surface area contributed by atoms with Crippen molar-refractivity contribution in [2.45, 2.75) is 10.9 Å². The van der Waals surface area contributed by atoms with Crippen LogP contribution in [0.2, 0.25) is 0 Å². The molecule has 0 aromatic heterocycles. The van der Waals surface area contributed by atoms with Crippen LogP contribution in [0.1, 0.15) is 0 Å². The fraction of sp³-hybridized carbons (Fsp3) is 0.333. The molecule has 1 N–H and O–H groups in total. The molecular formula is C12H12FNO3S2. The number of hydrogen-bond acceptors (Lipinski definition) is 4. The van der Waals surface area contributed by atoms with Crippen molar-refractivity contribution < 1.29 is 19.1 Å². The molecule has 0 saturated carbocycles. The van der Waals surface area contributed by atoms with Crippen LogP contribution in [-0.2, 0) is 9.59 Å². The van der Waals surface area contributed by atoms with Gasteiger partial charge >= 0.3 is 5.97 Å². The molecule has 4 nitrogen and oxygen atoms in total. The molecule has 1 aliphatic rings. The van der Waals surface area contributed by atoms with Crippen molar-refractivity contribution in [2.75, 3.05) is 17.4 Å². The van der Waals surface area contributed by atoms with Gasteiger partial charge in [0.15, 0.2) is 0 Å². The average molecular weight is 301 g/mol. The van der Waals surface area contributed by atoms with Gasteiger partial charge in [0.2, 0.25) is 5.91 Å². The normalized spacial score (nSPS) is 18.6. The Bertz CT molecular complexity index is 480. The minimum atomic E-state index is -0.967. The molecule has 0 bridgehead atoms. The van der Waals surface area contributed by atoms with E-state index in [2.05, 4.69) is 0 Å². The minimum absolute atomic E-state index is 0.163. The van der Waals surface area contributed by atoms with Gasteiger partial charge < -0.3 is 10.0 Å². The number of aliphatic carboxylic acids is 1. The fourth-order valence-corrected chi connectivity index (χ4v) is 3.61. The zero-order valence-electron chi connectivity index (χ0n) is 9.91. The number of carboxylic acid groups (broad SMARTS) is 1. The van der Waals surface area contributed by atoms with Crippen molar-refractivity contribution in [3.05, 3.63) is 30.1 Å². The molecular weight excluding hydrogens is 289 g/mol. The topological polar surface area (TPSA) is 57.6 Å². The number of carbonyl (C=O) groups excluding carboxylic acids is 1. The number of rotatable bonds is 4. The Hall–Kier alpha value is -1.21. The van der Waals surface area contributed by atoms with Crippen molar-refractivity contribution in [1.82, 2.24) is 4.90 Å². The summed E-state index contributed by atoms with van der Waals surface area (Å²) in [6.07, 6.45) is 0. The molecule has 1 amide bonds. The molecule has 19 heavy (non-hydrogen) atoms. The maximum Gasteiger partial charge on any atom is 0.327 e. The first-order chi connectivity index (χ1) is 9.08. The van der Waals surface area contributed by atoms with E-state index < -0.39 is 12.0 Å². The number of hydrogen-bond donors (Lipinski definition) is 1. The van der Waals surface area contributed by atoms with E-state index >= 15 is 0 Å². The predicted octanol–water partition coefficient (Wildman–Crippen LogP) is 1.90. The van der Waals surface area contributed by atoms with Gasteiger partial charge in [-0.05, 0) is 24.3 Å². The summed E-state index contributed by atoms with van der Waals surface area (Å²) >= 11 is 2.71. The van der Waals surface area contributed by atoms with Crippen LogP contribution in [0, 0.1) is 5.82 Å². The summed E-state index contributed by atoms with van der Waals surface area (Å²) in [5, 5.41) is 8.99. The summed E-state index contributed by atoms with van der Waals surface area (Å²) in [6, 6.07) is 5.13. The second-order valence-corrected chi connectivity index (χ2v) is 6.01. The standard InChI is InChI=1S/C12H12FNO3S2/c13-8-1-3-9(4-2-8)19-6-11(15)14-7-18-5-10(14)12(16)17/h1-4,10H,5-7H2,(H,16,17)/t10-/m0/s1. The predicted molar refractivity (Wildman–Crippen MR) is 72.7 cm³/mol. The van der Waals surface area contributed by atoms with Gasteiger partial charge in [-0.1, -0.05) is 0 Å². The minimum Gasteiger partial charge on any atom is -0.480 e. The molecule has 0 radical (unpaired) electrons. The molecule has 1 aromatic rings. The highest BCUT2D eigenvalue weighted by Crippen LogP contribution is 2.24. The van der Waals surface area contributed by atoms with Crippen molar-refractivity contribution in [1.29, 1.82) is 0 Å². The molecule has 102 valence electrons. The second-order valence-electron chi connectivity index (χ2n) is 3.96. The number of carbonyl (C=O) groups is 2. The van der Waals surface area contributed by atoms with Crippen LogP contribution >= 0.6 is 23.5 Å². The average Bonchev–Trinajstić information content (AvgIpc) is 2.87. The van der Waals surface area contributed by atoms with Crippen LogP contribution in [0.3, 0.4) is 0 Å². The Morgan fingerprint density at radius 2 is 2.11 bits per heavy atom. The largest absolute Gasteiger partial charge is 0.480 e. The number of nitrogens with zero attached hydrogens (tertiary/aromatic N) is 1. The smallest absolute Gasteiger partial charge is 0.327 e. The van der Waals surface area contributed by atoms with E-state index in [1.807, 2.05) is 0 Å². The first kappa shape index (κ1) is 14.2. The Labute approximate surface area is 118 Å². The SMILES string of the molecule is O=C(O)[C@@H]1CSCN1C(=O)CSc1ccc(F)cc1. The lowest BCUT2D eigenvalue weighted by Gasteiger charge is -2.20. The van der Waals surface area contributed by atoms with Crippen LogP contribution in [0.15, 0.2) is 29.2 Å². The van der Waals surface area contributed by atoms with Crippen molar-refractivity contribution in [2.24, 2.45) is 0 Å². The molecule has 7 heteroatoms. The molecule has 1 aliphatic heterocycles. The fourth-order valence-electron chi connectivity index (χ4n) is 1.65. The summed E-state index contributed by atoms with van der Waals surface area (Å²) in [4.78, 5) is 25.1. The second kappa shape index (κ2) is 6.29. The highest BCUT2D eigenvalue weighted by atomic mass is 32.2. The number of halogens is 1. The van der Waals surface area contributed by atoms with Crippen molar-refractivity contribution in [3.63, 3.8) is 0 Å². The molecule has 0 aliphatic carbocycles. The number of thioether (sulfide) groups is 2. The summed E-state index contributed by atoms with van der Waals surface area (Å²) in [7, 11) is 0. The maximum atomic E-state index is 12.7. The van der Waals surface area contributed by atoms with E-state index in [0.717, 1.165) is 4.90 Å². The zero-order chi connectivity index (χ0) is 13.8. The Kier molecular flexibility index (Phi) is 4.71. The molecule has 0 unspecified atom stereocenters. The first-order valence-electron chi connectivity index (χ1n) is 5.56. The highest BCUT2D eigenvalue weighted by Gasteiger charge is 2.34. The molecule has 1 fully saturated rings. The highest BCUT2D eigenvalue weighted by molar-refractivity contribution is 8.00. The van der Waals surface area contributed by atoms with E-state index in [9.17, 15) is 14.0 Å². The van der Waals surface area contributed by atoms with E-state index in [4.69, 9.17) is 5.11 Å². The van der Waals surface area contributed by atoms with Gasteiger partial charge in [0.1, 0.15) is 11.9 Å². The molecule has 1 aromatic carbocycles. The summed E-state index contributed by atoms with van der Waals surface area (Å²) in [5.74, 6) is -0.479. The van der Waals surface area contributed by atoms with Gasteiger partial charge in [-0.25, -0.2) is 9.18 Å². The number of benzene rings is 1. The Morgan fingerprint density at radius 1 is 1.42 bits per heavy atom. The third kappa shape index (κ3) is 3.63. The third-order valence-corrected chi connectivity index (χ3v) is 4.67. The van der Waals surface area contributed by atoms with Crippen LogP contribution in [0.25, 0.3) is 0 Å². The van der Waals surface area contributed by atoms with Gasteiger partial charge in [0.05, 0.1) is 11.6 Å². The first-order valence-corrected chi connectivity index (χ1v) is 7.70. The van der Waals surface area contributed by atoms with E-state index in [0.29, 0.717) is 11.6 Å². The van der Waals surface area contributed by atoms with Crippen LogP contribution in [0.4, 0.5) is 4.39 Å². The summed E-state index contributed by atoms with van der Waals surface area (Å²) < 4.78 is 12.7. The molecule has 1 atom stereocenters. The van der Waals surface area contributed by atoms with Gasteiger partial charge in [-0.2, -0.15) is 0 Å². The number of carboxylic acids is 1. The third-order valence-electron chi connectivity index (χ3n) is 2.66. The summed E-state index contributed by atoms with van der Waals surface area (Å²) in [6.45, 7) is 0. The lowest BCUT2D eigenvalue weighted by molar-refractivity contribution is -0.146. The van der Waals surface area contributed by atoms with Gasteiger partial charge in [-0.3, -0.25) is 4.79 Å². The van der Waals surface area contributed by atoms with Crippen LogP contribution in [-0.4, -0.2) is 45.3 Å². The van der Waals surface area contributed by atoms with E-state index in [1.165, 1.54) is 40.6 Å². The number of amides is 1. The molecule has 1 heterocycles. The van der Waals surface area contributed by atoms with Crippen LogP contribution < -0.4 is 0 Å². The van der Waals surface area contributed by atoms with E-state index in [1.54, 1.807) is 12.1 Å². The molecule has 1 saturated heterocycles. The monoisotopic (exact) mass is 301 g/mol. The van der Waals surface area contributed by atoms with Crippen molar-refractivity contribution in [3.8, 4) is 0 Å². The Morgan fingerprint density at radius 3 is 2.74 bits per heavy atom. The van der Waals surface area contributed by atoms with Crippen molar-refractivity contribution >= 4 is 35.4 Å². The van der Waals surface area contributed by atoms with Gasteiger partial charge in [0, 0.05) is 10.6 Å².